The quantitative estimate of drug-likeness (QED) is 0.515. The van der Waals surface area contributed by atoms with Crippen LogP contribution >= 0.6 is 0 Å². The number of hydrogen-bond acceptors (Lipinski definition) is 9. The van der Waals surface area contributed by atoms with Crippen molar-refractivity contribution in [2.75, 3.05) is 12.9 Å². The molecule has 37 heavy (non-hydrogen) atoms. The van der Waals surface area contributed by atoms with Gasteiger partial charge in [-0.3, -0.25) is 4.98 Å². The van der Waals surface area contributed by atoms with Crippen LogP contribution in [0.25, 0.3) is 0 Å². The number of methoxy groups -OCH3 is 1. The average molecular weight is 532 g/mol. The van der Waals surface area contributed by atoms with Gasteiger partial charge in [0.05, 0.1) is 18.0 Å². The number of aliphatic imine (C=N–C) groups is 1. The third-order valence-electron chi connectivity index (χ3n) is 7.14. The summed E-state index contributed by atoms with van der Waals surface area (Å²) in [4.78, 5) is 25.6. The summed E-state index contributed by atoms with van der Waals surface area (Å²) >= 11 is 0. The lowest BCUT2D eigenvalue weighted by Gasteiger charge is -2.46. The second-order valence-corrected chi connectivity index (χ2v) is 12.2. The lowest BCUT2D eigenvalue weighted by molar-refractivity contribution is -0.238. The molecule has 1 saturated carbocycles. The fourth-order valence-electron chi connectivity index (χ4n) is 5.59. The maximum absolute atomic E-state index is 13.6. The molecule has 0 radical (unpaired) electrons. The fourth-order valence-corrected chi connectivity index (χ4v) is 7.37. The van der Waals surface area contributed by atoms with Gasteiger partial charge in [-0.15, -0.1) is 0 Å². The molecule has 0 bridgehead atoms. The lowest BCUT2D eigenvalue weighted by atomic mass is 9.67. The molecule has 2 aromatic rings. The highest BCUT2D eigenvalue weighted by molar-refractivity contribution is 7.92. The van der Waals surface area contributed by atoms with Crippen LogP contribution in [-0.4, -0.2) is 60.9 Å². The van der Waals surface area contributed by atoms with E-state index in [-0.39, 0.29) is 22.2 Å². The highest BCUT2D eigenvalue weighted by Crippen LogP contribution is 2.46. The van der Waals surface area contributed by atoms with Crippen LogP contribution in [0.2, 0.25) is 0 Å². The number of sulfone groups is 1. The van der Waals surface area contributed by atoms with Crippen molar-refractivity contribution in [3.63, 3.8) is 0 Å². The zero-order chi connectivity index (χ0) is 27.0. The van der Waals surface area contributed by atoms with E-state index in [0.29, 0.717) is 29.2 Å². The Morgan fingerprint density at radius 2 is 1.84 bits per heavy atom. The number of aryl methyl sites for hydroxylation is 2. The van der Waals surface area contributed by atoms with Gasteiger partial charge < -0.3 is 14.6 Å². The normalized spacial score (nSPS) is 23.4. The Morgan fingerprint density at radius 1 is 1.19 bits per heavy atom. The van der Waals surface area contributed by atoms with Crippen LogP contribution in [0.1, 0.15) is 55.7 Å². The predicted octanol–water partition coefficient (Wildman–Crippen LogP) is 4.47. The third kappa shape index (κ3) is 5.72. The highest BCUT2D eigenvalue weighted by atomic mass is 32.2. The minimum Gasteiger partial charge on any atom is -0.497 e. The molecule has 3 unspecified atom stereocenters. The molecule has 1 aromatic carbocycles. The Hall–Kier alpha value is -3.18. The summed E-state index contributed by atoms with van der Waals surface area (Å²) in [5.41, 5.74) is 2.01. The minimum atomic E-state index is -3.86. The zero-order valence-electron chi connectivity index (χ0n) is 21.7. The second-order valence-electron chi connectivity index (χ2n) is 10.3. The van der Waals surface area contributed by atoms with Crippen molar-refractivity contribution in [2.45, 2.75) is 70.2 Å². The summed E-state index contributed by atoms with van der Waals surface area (Å²) in [5.74, 6) is 0.554. The van der Waals surface area contributed by atoms with E-state index < -0.39 is 28.2 Å². The first-order chi connectivity index (χ1) is 17.4. The van der Waals surface area contributed by atoms with Gasteiger partial charge >= 0.3 is 12.6 Å². The Balaban J connectivity index is 1.63. The molecular weight excluding hydrogens is 498 g/mol. The van der Waals surface area contributed by atoms with Gasteiger partial charge in [0.1, 0.15) is 17.3 Å². The number of carbonyl (C=O) groups is 1. The second kappa shape index (κ2) is 10.3. The SMILES string of the molecule is COc1cc(C)c(S(=O)(=O)CC2=NC(OC(=O)O)ON2C2CCC(c3ccncc3)CC2(C)C)c(C)c1. The first-order valence-electron chi connectivity index (χ1n) is 12.1. The van der Waals surface area contributed by atoms with Crippen LogP contribution in [0.4, 0.5) is 4.79 Å². The Morgan fingerprint density at radius 3 is 2.41 bits per heavy atom. The average Bonchev–Trinajstić information content (AvgIpc) is 3.18. The molecule has 0 spiro atoms. The van der Waals surface area contributed by atoms with Gasteiger partial charge in [-0.2, -0.15) is 4.99 Å². The van der Waals surface area contributed by atoms with E-state index >= 15 is 0 Å². The number of benzene rings is 1. The fraction of sp³-hybridized carbons (Fsp3) is 0.500. The largest absolute Gasteiger partial charge is 0.509 e. The maximum Gasteiger partial charge on any atom is 0.509 e. The van der Waals surface area contributed by atoms with Crippen LogP contribution < -0.4 is 4.74 Å². The summed E-state index contributed by atoms with van der Waals surface area (Å²) in [6.45, 7) is 7.63. The van der Waals surface area contributed by atoms with E-state index in [1.165, 1.54) is 17.7 Å². The van der Waals surface area contributed by atoms with Crippen molar-refractivity contribution < 1.29 is 32.6 Å². The van der Waals surface area contributed by atoms with Crippen LogP contribution in [-0.2, 0) is 19.4 Å². The van der Waals surface area contributed by atoms with Crippen molar-refractivity contribution in [3.05, 3.63) is 53.3 Å². The molecule has 1 aromatic heterocycles. The number of pyridine rings is 1. The summed E-state index contributed by atoms with van der Waals surface area (Å²) in [6.07, 6.45) is 2.91. The van der Waals surface area contributed by atoms with Gasteiger partial charge in [-0.1, -0.05) is 13.8 Å². The van der Waals surface area contributed by atoms with Crippen molar-refractivity contribution in [2.24, 2.45) is 10.4 Å². The molecule has 200 valence electrons. The van der Waals surface area contributed by atoms with Crippen molar-refractivity contribution >= 4 is 21.8 Å². The summed E-state index contributed by atoms with van der Waals surface area (Å²) in [7, 11) is -2.34. The molecule has 11 heteroatoms. The number of hydrogen-bond donors (Lipinski definition) is 1. The first kappa shape index (κ1) is 26.9. The van der Waals surface area contributed by atoms with E-state index in [1.807, 2.05) is 12.1 Å². The lowest BCUT2D eigenvalue weighted by Crippen LogP contribution is -2.50. The summed E-state index contributed by atoms with van der Waals surface area (Å²) in [5, 5.41) is 10.6. The molecule has 0 saturated heterocycles. The number of carboxylic acid groups (broad SMARTS) is 1. The topological polar surface area (TPSA) is 128 Å². The molecule has 2 aliphatic rings. The maximum atomic E-state index is 13.6. The standard InChI is InChI=1S/C26H33N3O7S/c1-16-12-20(34-5)13-17(2)23(16)37(32,33)15-22-28-24(35-25(30)31)36-29(22)21-7-6-19(14-26(21,3)4)18-8-10-27-11-9-18/h8-13,19,21,24H,6-7,14-15H2,1-5H3,(H,30,31). The van der Waals surface area contributed by atoms with Crippen molar-refractivity contribution in [3.8, 4) is 5.75 Å². The molecule has 0 amide bonds. The summed E-state index contributed by atoms with van der Waals surface area (Å²) in [6, 6.07) is 7.14. The van der Waals surface area contributed by atoms with Gasteiger partial charge in [0.2, 0.25) is 0 Å². The van der Waals surface area contributed by atoms with E-state index in [2.05, 4.69) is 23.8 Å². The number of hydroxylamine groups is 2. The number of nitrogens with zero attached hydrogens (tertiary/aromatic N) is 3. The first-order valence-corrected chi connectivity index (χ1v) is 13.8. The van der Waals surface area contributed by atoms with Crippen molar-refractivity contribution in [1.29, 1.82) is 0 Å². The molecule has 2 heterocycles. The number of ether oxygens (including phenoxy) is 2. The van der Waals surface area contributed by atoms with Gasteiger partial charge in [-0.25, -0.2) is 23.1 Å². The number of amidine groups is 1. The monoisotopic (exact) mass is 531 g/mol. The predicted molar refractivity (Wildman–Crippen MR) is 136 cm³/mol. The molecule has 10 nitrogen and oxygen atoms in total. The van der Waals surface area contributed by atoms with Crippen molar-refractivity contribution in [1.82, 2.24) is 10.0 Å². The number of aromatic nitrogens is 1. The highest BCUT2D eigenvalue weighted by Gasteiger charge is 2.46. The molecular formula is C26H33N3O7S. The van der Waals surface area contributed by atoms with E-state index in [9.17, 15) is 13.2 Å². The molecule has 4 rings (SSSR count). The van der Waals surface area contributed by atoms with Crippen LogP contribution in [0, 0.1) is 19.3 Å². The van der Waals surface area contributed by atoms with Crippen LogP contribution in [0.5, 0.6) is 5.75 Å². The smallest absolute Gasteiger partial charge is 0.497 e. The number of rotatable bonds is 7. The molecule has 1 aliphatic carbocycles. The van der Waals surface area contributed by atoms with E-state index in [1.54, 1.807) is 38.4 Å². The minimum absolute atomic E-state index is 0.126. The Labute approximate surface area is 217 Å². The van der Waals surface area contributed by atoms with Gasteiger partial charge in [0, 0.05) is 12.4 Å². The van der Waals surface area contributed by atoms with Crippen LogP contribution in [0.3, 0.4) is 0 Å². The molecule has 1 fully saturated rings. The Bertz CT molecular complexity index is 1270. The Kier molecular flexibility index (Phi) is 7.48. The van der Waals surface area contributed by atoms with Gasteiger partial charge in [0.15, 0.2) is 9.84 Å². The molecule has 1 N–H and O–H groups in total. The van der Waals surface area contributed by atoms with Gasteiger partial charge in [-0.05, 0) is 85.4 Å². The molecule has 1 aliphatic heterocycles. The molecule has 3 atom stereocenters. The van der Waals surface area contributed by atoms with E-state index in [0.717, 1.165) is 12.8 Å². The van der Waals surface area contributed by atoms with Crippen LogP contribution in [0.15, 0.2) is 46.5 Å². The summed E-state index contributed by atoms with van der Waals surface area (Å²) < 4.78 is 37.3. The van der Waals surface area contributed by atoms with Gasteiger partial charge in [0.25, 0.3) is 0 Å². The van der Waals surface area contributed by atoms with E-state index in [4.69, 9.17) is 19.4 Å². The third-order valence-corrected chi connectivity index (χ3v) is 9.04. The zero-order valence-corrected chi connectivity index (χ0v) is 22.5.